The lowest BCUT2D eigenvalue weighted by atomic mass is 9.98. The van der Waals surface area contributed by atoms with E-state index in [0.717, 1.165) is 11.1 Å². The third kappa shape index (κ3) is 8.16. The second-order valence-corrected chi connectivity index (χ2v) is 22.6. The summed E-state index contributed by atoms with van der Waals surface area (Å²) in [6.45, 7) is 31.2. The molecule has 0 N–H and O–H groups in total. The van der Waals surface area contributed by atoms with Gasteiger partial charge in [0.15, 0.2) is 16.6 Å². The number of epoxide rings is 1. The molecule has 1 saturated heterocycles. The number of cyclic esters (lactones) is 1. The quantitative estimate of drug-likeness (QED) is 0.132. The average Bonchev–Trinajstić information content (AvgIpc) is 3.48. The van der Waals surface area contributed by atoms with Crippen LogP contribution in [0.1, 0.15) is 67.2 Å². The number of rotatable bonds is 5. The number of carbonyl (C=O) groups excluding carboxylic acids is 1. The van der Waals surface area contributed by atoms with Crippen molar-refractivity contribution in [1.29, 1.82) is 0 Å². The SMILES string of the molecule is C=C1CC#CCCC(=O)O[C@H](CO[Si](C)(C)C(C)(C)C)CC(=C)[C@H]2O[C@@H]2C1O[Si](C)(C)C(C)(C)C. The first-order valence-corrected chi connectivity index (χ1v) is 18.6. The Labute approximate surface area is 216 Å². The molecule has 5 nitrogen and oxygen atoms in total. The van der Waals surface area contributed by atoms with E-state index in [-0.39, 0.29) is 40.8 Å². The van der Waals surface area contributed by atoms with Crippen molar-refractivity contribution in [2.75, 3.05) is 6.61 Å². The van der Waals surface area contributed by atoms with Crippen LogP contribution >= 0.6 is 0 Å². The molecule has 1 fully saturated rings. The molecule has 2 rings (SSSR count). The summed E-state index contributed by atoms with van der Waals surface area (Å²) in [6, 6.07) is 0. The highest BCUT2D eigenvalue weighted by Gasteiger charge is 2.51. The van der Waals surface area contributed by atoms with Crippen LogP contribution in [0.15, 0.2) is 24.3 Å². The summed E-state index contributed by atoms with van der Waals surface area (Å²) in [5.74, 6) is 6.02. The van der Waals surface area contributed by atoms with Crippen molar-refractivity contribution in [3.63, 3.8) is 0 Å². The zero-order valence-electron chi connectivity index (χ0n) is 23.8. The minimum atomic E-state index is -2.06. The van der Waals surface area contributed by atoms with Gasteiger partial charge in [-0.15, -0.1) is 5.92 Å². The van der Waals surface area contributed by atoms with E-state index < -0.39 is 22.7 Å². The smallest absolute Gasteiger partial charge is 0.307 e. The highest BCUT2D eigenvalue weighted by Crippen LogP contribution is 2.43. The molecule has 2 heterocycles. The Balaban J connectivity index is 2.23. The predicted molar refractivity (Wildman–Crippen MR) is 148 cm³/mol. The van der Waals surface area contributed by atoms with Gasteiger partial charge in [-0.3, -0.25) is 4.79 Å². The average molecular weight is 521 g/mol. The number of hydrogen-bond acceptors (Lipinski definition) is 5. The number of hydrogen-bond donors (Lipinski definition) is 0. The summed E-state index contributed by atoms with van der Waals surface area (Å²) in [5, 5.41) is 0.143. The Morgan fingerprint density at radius 3 is 2.14 bits per heavy atom. The summed E-state index contributed by atoms with van der Waals surface area (Å²) < 4.78 is 25.2. The molecular formula is C28H48O5Si2. The number of ether oxygens (including phenoxy) is 2. The fraction of sp³-hybridized carbons (Fsp3) is 0.750. The molecule has 0 aliphatic carbocycles. The summed E-state index contributed by atoms with van der Waals surface area (Å²) in [4.78, 5) is 12.5. The molecule has 7 heteroatoms. The normalized spacial score (nSPS) is 27.3. The van der Waals surface area contributed by atoms with Gasteiger partial charge in [0.1, 0.15) is 18.3 Å². The van der Waals surface area contributed by atoms with Gasteiger partial charge in [-0.05, 0) is 47.4 Å². The Kier molecular flexibility index (Phi) is 9.50. The van der Waals surface area contributed by atoms with Crippen LogP contribution in [0.25, 0.3) is 0 Å². The fourth-order valence-corrected chi connectivity index (χ4v) is 5.72. The van der Waals surface area contributed by atoms with E-state index in [1.165, 1.54) is 0 Å². The lowest BCUT2D eigenvalue weighted by molar-refractivity contribution is -0.150. The molecule has 198 valence electrons. The van der Waals surface area contributed by atoms with Gasteiger partial charge in [0.25, 0.3) is 0 Å². The van der Waals surface area contributed by atoms with E-state index >= 15 is 0 Å². The largest absolute Gasteiger partial charge is 0.460 e. The van der Waals surface area contributed by atoms with E-state index in [9.17, 15) is 4.79 Å². The first kappa shape index (κ1) is 30.1. The van der Waals surface area contributed by atoms with Crippen molar-refractivity contribution in [1.82, 2.24) is 0 Å². The van der Waals surface area contributed by atoms with Gasteiger partial charge < -0.3 is 18.3 Å². The van der Waals surface area contributed by atoms with E-state index in [0.29, 0.717) is 25.9 Å². The molecule has 0 aromatic rings. The Hall–Kier alpha value is -1.18. The van der Waals surface area contributed by atoms with Crippen LogP contribution in [0.3, 0.4) is 0 Å². The maximum absolute atomic E-state index is 12.5. The second-order valence-electron chi connectivity index (χ2n) is 13.1. The fourth-order valence-electron chi connectivity index (χ4n) is 3.39. The first-order valence-electron chi connectivity index (χ1n) is 12.8. The molecule has 0 radical (unpaired) electrons. The third-order valence-electron chi connectivity index (χ3n) is 7.98. The van der Waals surface area contributed by atoms with Crippen molar-refractivity contribution >= 4 is 22.6 Å². The molecule has 4 atom stereocenters. The Morgan fingerprint density at radius 2 is 1.57 bits per heavy atom. The van der Waals surface area contributed by atoms with E-state index in [2.05, 4.69) is 92.7 Å². The van der Waals surface area contributed by atoms with Crippen LogP contribution in [0.2, 0.25) is 36.3 Å². The van der Waals surface area contributed by atoms with Crippen LogP contribution < -0.4 is 0 Å². The number of esters is 1. The van der Waals surface area contributed by atoms with Crippen LogP contribution in [0.4, 0.5) is 0 Å². The Morgan fingerprint density at radius 1 is 0.971 bits per heavy atom. The molecule has 2 aliphatic rings. The van der Waals surface area contributed by atoms with Gasteiger partial charge >= 0.3 is 5.97 Å². The molecule has 0 amide bonds. The minimum Gasteiger partial charge on any atom is -0.460 e. The van der Waals surface area contributed by atoms with Crippen molar-refractivity contribution in [2.24, 2.45) is 0 Å². The maximum atomic E-state index is 12.5. The third-order valence-corrected chi connectivity index (χ3v) is 16.9. The highest BCUT2D eigenvalue weighted by atomic mass is 28.4. The number of carbonyl (C=O) groups is 1. The van der Waals surface area contributed by atoms with Crippen molar-refractivity contribution in [3.8, 4) is 11.8 Å². The molecule has 1 unspecified atom stereocenters. The molecule has 35 heavy (non-hydrogen) atoms. The van der Waals surface area contributed by atoms with Gasteiger partial charge in [0.2, 0.25) is 0 Å². The van der Waals surface area contributed by atoms with Crippen molar-refractivity contribution in [3.05, 3.63) is 24.3 Å². The zero-order chi connectivity index (χ0) is 26.8. The Bertz CT molecular complexity index is 866. The van der Waals surface area contributed by atoms with E-state index in [1.54, 1.807) is 0 Å². The zero-order valence-corrected chi connectivity index (χ0v) is 25.8. The maximum Gasteiger partial charge on any atom is 0.307 e. The predicted octanol–water partition coefficient (Wildman–Crippen LogP) is 6.77. The molecule has 0 spiro atoms. The lowest BCUT2D eigenvalue weighted by Crippen LogP contribution is -2.46. The molecule has 2 aliphatic heterocycles. The highest BCUT2D eigenvalue weighted by molar-refractivity contribution is 6.74. The van der Waals surface area contributed by atoms with Crippen LogP contribution in [-0.4, -0.2) is 53.6 Å². The first-order chi connectivity index (χ1) is 15.9. The monoisotopic (exact) mass is 520 g/mol. The van der Waals surface area contributed by atoms with Crippen molar-refractivity contribution in [2.45, 2.75) is 128 Å². The number of fused-ring (bicyclic) bond motifs is 1. The molecule has 0 bridgehead atoms. The van der Waals surface area contributed by atoms with Gasteiger partial charge in [-0.1, -0.05) is 60.6 Å². The summed E-state index contributed by atoms with van der Waals surface area (Å²) in [6.07, 6.45) is 0.849. The van der Waals surface area contributed by atoms with Crippen LogP contribution in [-0.2, 0) is 23.1 Å². The molecule has 0 aromatic carbocycles. The topological polar surface area (TPSA) is 57.3 Å². The molecule has 0 saturated carbocycles. The van der Waals surface area contributed by atoms with E-state index in [4.69, 9.17) is 18.3 Å². The van der Waals surface area contributed by atoms with Gasteiger partial charge in [-0.25, -0.2) is 0 Å². The van der Waals surface area contributed by atoms with Gasteiger partial charge in [0, 0.05) is 19.3 Å². The van der Waals surface area contributed by atoms with Crippen LogP contribution in [0, 0.1) is 11.8 Å². The second kappa shape index (κ2) is 11.1. The molecular weight excluding hydrogens is 472 g/mol. The van der Waals surface area contributed by atoms with Gasteiger partial charge in [0.05, 0.1) is 19.1 Å². The van der Waals surface area contributed by atoms with Crippen LogP contribution in [0.5, 0.6) is 0 Å². The summed E-state index contributed by atoms with van der Waals surface area (Å²) in [5.41, 5.74) is 1.84. The van der Waals surface area contributed by atoms with Gasteiger partial charge in [-0.2, -0.15) is 0 Å². The summed E-state index contributed by atoms with van der Waals surface area (Å²) in [7, 11) is -4.05. The lowest BCUT2D eigenvalue weighted by Gasteiger charge is -2.39. The minimum absolute atomic E-state index is 0.0693. The standard InChI is InChI=1S/C28H48O5Si2/c1-20-16-14-13-15-17-23(29)31-22(19-30-34(9,10)27(3,4)5)18-21(2)24-26(32-24)25(20)33-35(11,12)28(6,7)8/h22,24-26H,1-2,15-19H2,3-12H3/t22-,24+,25?,26-/m0/s1. The van der Waals surface area contributed by atoms with Crippen molar-refractivity contribution < 1.29 is 23.1 Å². The summed E-state index contributed by atoms with van der Waals surface area (Å²) >= 11 is 0. The molecule has 0 aromatic heterocycles. The van der Waals surface area contributed by atoms with E-state index in [1.807, 2.05) is 0 Å².